The van der Waals surface area contributed by atoms with Gasteiger partial charge in [-0.05, 0) is 25.7 Å². The fourth-order valence-corrected chi connectivity index (χ4v) is 2.51. The van der Waals surface area contributed by atoms with E-state index in [0.717, 1.165) is 24.6 Å². The topological polar surface area (TPSA) is 64.9 Å². The Morgan fingerprint density at radius 1 is 1.33 bits per heavy atom. The van der Waals surface area contributed by atoms with Gasteiger partial charge in [-0.15, -0.1) is 0 Å². The van der Waals surface area contributed by atoms with Gasteiger partial charge in [0.05, 0.1) is 5.41 Å². The average Bonchev–Trinajstić information content (AvgIpc) is 2.84. The van der Waals surface area contributed by atoms with Crippen molar-refractivity contribution in [1.29, 1.82) is 0 Å². The van der Waals surface area contributed by atoms with Crippen LogP contribution in [0.1, 0.15) is 56.2 Å². The maximum atomic E-state index is 5.87. The predicted octanol–water partition coefficient (Wildman–Crippen LogP) is 1.72. The summed E-state index contributed by atoms with van der Waals surface area (Å²) in [6.45, 7) is 0.638. The van der Waals surface area contributed by atoms with Gasteiger partial charge < -0.3 is 10.3 Å². The fraction of sp³-hybridized carbons (Fsp3) is 0.818. The van der Waals surface area contributed by atoms with Crippen molar-refractivity contribution in [2.45, 2.75) is 49.9 Å². The van der Waals surface area contributed by atoms with Crippen molar-refractivity contribution in [2.75, 3.05) is 6.54 Å². The molecule has 2 aliphatic rings. The highest BCUT2D eigenvalue weighted by Gasteiger charge is 2.40. The molecule has 0 amide bonds. The van der Waals surface area contributed by atoms with E-state index in [1.54, 1.807) is 0 Å². The third-order valence-electron chi connectivity index (χ3n) is 3.79. The minimum Gasteiger partial charge on any atom is -0.339 e. The largest absolute Gasteiger partial charge is 0.339 e. The monoisotopic (exact) mass is 207 g/mol. The second-order valence-electron chi connectivity index (χ2n) is 4.92. The lowest BCUT2D eigenvalue weighted by Gasteiger charge is -2.21. The zero-order valence-corrected chi connectivity index (χ0v) is 8.91. The molecule has 1 aromatic rings. The molecule has 4 nitrogen and oxygen atoms in total. The standard InChI is InChI=1S/C11H17N3O/c12-7-11(5-1-2-6-11)10-13-9(14-15-10)8-3-4-8/h8H,1-7,12H2. The van der Waals surface area contributed by atoms with Crippen LogP contribution in [0.3, 0.4) is 0 Å². The third kappa shape index (κ3) is 1.47. The summed E-state index contributed by atoms with van der Waals surface area (Å²) in [6, 6.07) is 0. The number of aromatic nitrogens is 2. The first-order valence-corrected chi connectivity index (χ1v) is 5.88. The van der Waals surface area contributed by atoms with E-state index in [2.05, 4.69) is 10.1 Å². The molecule has 3 rings (SSSR count). The molecule has 0 atom stereocenters. The molecule has 82 valence electrons. The number of rotatable bonds is 3. The Balaban J connectivity index is 1.88. The summed E-state index contributed by atoms with van der Waals surface area (Å²) in [5.41, 5.74) is 5.87. The molecule has 0 radical (unpaired) electrons. The molecule has 0 bridgehead atoms. The summed E-state index contributed by atoms with van der Waals surface area (Å²) in [4.78, 5) is 4.54. The predicted molar refractivity (Wildman–Crippen MR) is 55.5 cm³/mol. The molecule has 0 aliphatic heterocycles. The van der Waals surface area contributed by atoms with Crippen LogP contribution in [0.5, 0.6) is 0 Å². The minimum absolute atomic E-state index is 0.000139. The smallest absolute Gasteiger partial charge is 0.234 e. The first-order chi connectivity index (χ1) is 7.34. The van der Waals surface area contributed by atoms with Gasteiger partial charge in [0.2, 0.25) is 5.89 Å². The fourth-order valence-electron chi connectivity index (χ4n) is 2.51. The van der Waals surface area contributed by atoms with Gasteiger partial charge in [0, 0.05) is 12.5 Å². The Labute approximate surface area is 89.2 Å². The highest BCUT2D eigenvalue weighted by atomic mass is 16.5. The van der Waals surface area contributed by atoms with Gasteiger partial charge in [-0.25, -0.2) is 0 Å². The van der Waals surface area contributed by atoms with E-state index < -0.39 is 0 Å². The lowest BCUT2D eigenvalue weighted by molar-refractivity contribution is 0.283. The maximum Gasteiger partial charge on any atom is 0.234 e. The Morgan fingerprint density at radius 3 is 2.67 bits per heavy atom. The molecule has 2 N–H and O–H groups in total. The van der Waals surface area contributed by atoms with Crippen LogP contribution in [0.15, 0.2) is 4.52 Å². The molecule has 2 aliphatic carbocycles. The quantitative estimate of drug-likeness (QED) is 0.819. The summed E-state index contributed by atoms with van der Waals surface area (Å²) in [6.07, 6.45) is 7.12. The number of hydrogen-bond acceptors (Lipinski definition) is 4. The summed E-state index contributed by atoms with van der Waals surface area (Å²) in [5, 5.41) is 4.07. The van der Waals surface area contributed by atoms with Crippen molar-refractivity contribution in [2.24, 2.45) is 5.73 Å². The van der Waals surface area contributed by atoms with E-state index in [1.807, 2.05) is 0 Å². The van der Waals surface area contributed by atoms with Crippen molar-refractivity contribution in [1.82, 2.24) is 10.1 Å². The molecular weight excluding hydrogens is 190 g/mol. The van der Waals surface area contributed by atoms with Crippen LogP contribution < -0.4 is 5.73 Å². The van der Waals surface area contributed by atoms with Crippen molar-refractivity contribution in [3.63, 3.8) is 0 Å². The maximum absolute atomic E-state index is 5.87. The minimum atomic E-state index is 0.000139. The molecule has 0 saturated heterocycles. The first-order valence-electron chi connectivity index (χ1n) is 5.88. The molecule has 1 heterocycles. The van der Waals surface area contributed by atoms with Crippen molar-refractivity contribution in [3.05, 3.63) is 11.7 Å². The van der Waals surface area contributed by atoms with E-state index in [1.165, 1.54) is 25.7 Å². The number of nitrogens with zero attached hydrogens (tertiary/aromatic N) is 2. The van der Waals surface area contributed by atoms with Crippen LogP contribution in [-0.2, 0) is 5.41 Å². The lowest BCUT2D eigenvalue weighted by Crippen LogP contribution is -2.32. The van der Waals surface area contributed by atoms with Gasteiger partial charge in [0.25, 0.3) is 0 Å². The SMILES string of the molecule is NCC1(c2nc(C3CC3)no2)CCCC1. The highest BCUT2D eigenvalue weighted by Crippen LogP contribution is 2.42. The van der Waals surface area contributed by atoms with Gasteiger partial charge in [-0.1, -0.05) is 18.0 Å². The van der Waals surface area contributed by atoms with Crippen LogP contribution in [0.4, 0.5) is 0 Å². The molecular formula is C11H17N3O. The Morgan fingerprint density at radius 2 is 2.07 bits per heavy atom. The van der Waals surface area contributed by atoms with E-state index in [0.29, 0.717) is 12.5 Å². The van der Waals surface area contributed by atoms with Crippen LogP contribution >= 0.6 is 0 Å². The van der Waals surface area contributed by atoms with Gasteiger partial charge in [0.15, 0.2) is 5.82 Å². The van der Waals surface area contributed by atoms with Crippen molar-refractivity contribution in [3.8, 4) is 0 Å². The van der Waals surface area contributed by atoms with E-state index >= 15 is 0 Å². The average molecular weight is 207 g/mol. The summed E-state index contributed by atoms with van der Waals surface area (Å²) in [5.74, 6) is 2.27. The van der Waals surface area contributed by atoms with Gasteiger partial charge in [0.1, 0.15) is 0 Å². The number of hydrogen-bond donors (Lipinski definition) is 1. The van der Waals surface area contributed by atoms with Crippen LogP contribution in [0.2, 0.25) is 0 Å². The summed E-state index contributed by atoms with van der Waals surface area (Å²) >= 11 is 0. The zero-order valence-electron chi connectivity index (χ0n) is 8.91. The zero-order chi connectivity index (χ0) is 10.3. The molecule has 0 aromatic carbocycles. The van der Waals surface area contributed by atoms with Crippen LogP contribution in [-0.4, -0.2) is 16.7 Å². The van der Waals surface area contributed by atoms with Crippen LogP contribution in [0.25, 0.3) is 0 Å². The third-order valence-corrected chi connectivity index (χ3v) is 3.79. The van der Waals surface area contributed by atoms with Gasteiger partial charge in [-0.2, -0.15) is 4.98 Å². The second kappa shape index (κ2) is 3.30. The molecule has 1 aromatic heterocycles. The van der Waals surface area contributed by atoms with Crippen LogP contribution in [0, 0.1) is 0 Å². The second-order valence-corrected chi connectivity index (χ2v) is 4.92. The number of nitrogens with two attached hydrogens (primary N) is 1. The first kappa shape index (κ1) is 9.33. The van der Waals surface area contributed by atoms with Crippen molar-refractivity contribution >= 4 is 0 Å². The van der Waals surface area contributed by atoms with E-state index in [-0.39, 0.29) is 5.41 Å². The highest BCUT2D eigenvalue weighted by molar-refractivity contribution is 5.12. The molecule has 0 spiro atoms. The van der Waals surface area contributed by atoms with Crippen molar-refractivity contribution < 1.29 is 4.52 Å². The van der Waals surface area contributed by atoms with Gasteiger partial charge >= 0.3 is 0 Å². The summed E-state index contributed by atoms with van der Waals surface area (Å²) in [7, 11) is 0. The Bertz CT molecular complexity index is 350. The van der Waals surface area contributed by atoms with Gasteiger partial charge in [-0.3, -0.25) is 0 Å². The molecule has 15 heavy (non-hydrogen) atoms. The molecule has 0 unspecified atom stereocenters. The normalized spacial score (nSPS) is 24.6. The lowest BCUT2D eigenvalue weighted by atomic mass is 9.86. The van der Waals surface area contributed by atoms with E-state index in [4.69, 9.17) is 10.3 Å². The Hall–Kier alpha value is -0.900. The van der Waals surface area contributed by atoms with E-state index in [9.17, 15) is 0 Å². The summed E-state index contributed by atoms with van der Waals surface area (Å²) < 4.78 is 5.40. The molecule has 2 saturated carbocycles. The molecule has 4 heteroatoms. The Kier molecular flexibility index (Phi) is 2.06. The molecule has 2 fully saturated rings.